The van der Waals surface area contributed by atoms with Crippen molar-refractivity contribution >= 4 is 28.7 Å². The van der Waals surface area contributed by atoms with E-state index >= 15 is 0 Å². The summed E-state index contributed by atoms with van der Waals surface area (Å²) in [6.45, 7) is 3.13. The molecule has 0 saturated carbocycles. The predicted molar refractivity (Wildman–Crippen MR) is 116 cm³/mol. The monoisotopic (exact) mass is 402 g/mol. The van der Waals surface area contributed by atoms with Gasteiger partial charge in [-0.3, -0.25) is 14.4 Å². The number of aromatic nitrogens is 2. The Kier molecular flexibility index (Phi) is 5.54. The van der Waals surface area contributed by atoms with Crippen molar-refractivity contribution in [1.82, 2.24) is 19.8 Å². The van der Waals surface area contributed by atoms with E-state index in [1.54, 1.807) is 48.5 Å². The molecule has 30 heavy (non-hydrogen) atoms. The lowest BCUT2D eigenvalue weighted by Crippen LogP contribution is -2.47. The van der Waals surface area contributed by atoms with Crippen molar-refractivity contribution in [3.63, 3.8) is 0 Å². The number of nitrogens with zero attached hydrogens (tertiary/aromatic N) is 3. The number of carbonyl (C=O) groups excluding carboxylic acids is 2. The molecule has 0 bridgehead atoms. The van der Waals surface area contributed by atoms with Gasteiger partial charge in [0.2, 0.25) is 0 Å². The highest BCUT2D eigenvalue weighted by atomic mass is 16.2. The van der Waals surface area contributed by atoms with Gasteiger partial charge in [-0.15, -0.1) is 0 Å². The molecule has 3 aromatic rings. The molecule has 7 nitrogen and oxygen atoms in total. The second-order valence-electron chi connectivity index (χ2n) is 7.34. The third kappa shape index (κ3) is 4.21. The summed E-state index contributed by atoms with van der Waals surface area (Å²) in [4.78, 5) is 48.2. The third-order valence-electron chi connectivity index (χ3n) is 5.23. The van der Waals surface area contributed by atoms with Crippen molar-refractivity contribution in [1.29, 1.82) is 0 Å². The maximum absolute atomic E-state index is 12.6. The second kappa shape index (κ2) is 8.42. The fourth-order valence-corrected chi connectivity index (χ4v) is 3.40. The molecule has 1 aliphatic rings. The number of carbonyl (C=O) groups is 2. The first-order valence-electron chi connectivity index (χ1n) is 9.80. The molecule has 2 heterocycles. The number of aromatic amines is 1. The highest BCUT2D eigenvalue weighted by Crippen LogP contribution is 2.12. The molecule has 1 amide bonds. The summed E-state index contributed by atoms with van der Waals surface area (Å²) in [5, 5.41) is 0.501. The van der Waals surface area contributed by atoms with Gasteiger partial charge in [-0.1, -0.05) is 24.3 Å². The lowest BCUT2D eigenvalue weighted by atomic mass is 10.1. The van der Waals surface area contributed by atoms with Crippen LogP contribution in [-0.4, -0.2) is 64.7 Å². The Bertz CT molecular complexity index is 1170. The molecule has 1 aromatic heterocycles. The molecule has 1 saturated heterocycles. The summed E-state index contributed by atoms with van der Waals surface area (Å²) < 4.78 is 0. The van der Waals surface area contributed by atoms with Crippen molar-refractivity contribution in [2.24, 2.45) is 0 Å². The number of likely N-dealkylation sites (N-methyl/N-ethyl adjacent to an activating group) is 1. The van der Waals surface area contributed by atoms with E-state index in [4.69, 9.17) is 0 Å². The number of para-hydroxylation sites is 1. The molecular weight excluding hydrogens is 380 g/mol. The summed E-state index contributed by atoms with van der Waals surface area (Å²) in [6.07, 6.45) is 2.85. The fourth-order valence-electron chi connectivity index (χ4n) is 3.40. The number of benzene rings is 2. The first-order valence-corrected chi connectivity index (χ1v) is 9.80. The fraction of sp³-hybridized carbons (Fsp3) is 0.217. The van der Waals surface area contributed by atoms with Crippen LogP contribution in [0.2, 0.25) is 0 Å². The van der Waals surface area contributed by atoms with Gasteiger partial charge < -0.3 is 14.8 Å². The van der Waals surface area contributed by atoms with Crippen LogP contribution in [0, 0.1) is 0 Å². The summed E-state index contributed by atoms with van der Waals surface area (Å²) in [5.74, 6) is 0.0638. The van der Waals surface area contributed by atoms with Crippen LogP contribution in [0.4, 0.5) is 0 Å². The van der Waals surface area contributed by atoms with E-state index in [0.29, 0.717) is 40.9 Å². The minimum atomic E-state index is -0.250. The van der Waals surface area contributed by atoms with Gasteiger partial charge in [-0.05, 0) is 43.5 Å². The molecule has 0 unspecified atom stereocenters. The van der Waals surface area contributed by atoms with E-state index in [-0.39, 0.29) is 17.2 Å². The number of nitrogens with one attached hydrogen (secondary N) is 1. The van der Waals surface area contributed by atoms with Gasteiger partial charge in [0.25, 0.3) is 11.5 Å². The maximum atomic E-state index is 12.6. The standard InChI is InChI=1S/C23H22N4O3/c1-26-12-14-27(15-13-26)23(30)17-8-6-16(7-9-17)20(28)10-11-21-24-19-5-3-2-4-18(19)22(29)25-21/h2-11H,12-15H2,1H3,(H,24,25,29). The van der Waals surface area contributed by atoms with E-state index in [1.807, 2.05) is 11.9 Å². The lowest BCUT2D eigenvalue weighted by molar-refractivity contribution is 0.0664. The van der Waals surface area contributed by atoms with Crippen molar-refractivity contribution in [3.8, 4) is 0 Å². The number of amides is 1. The third-order valence-corrected chi connectivity index (χ3v) is 5.23. The van der Waals surface area contributed by atoms with Crippen LogP contribution in [0.1, 0.15) is 26.5 Å². The van der Waals surface area contributed by atoms with Gasteiger partial charge in [0.15, 0.2) is 5.78 Å². The zero-order valence-corrected chi connectivity index (χ0v) is 16.7. The molecular formula is C23H22N4O3. The topological polar surface area (TPSA) is 86.4 Å². The van der Waals surface area contributed by atoms with E-state index in [2.05, 4.69) is 14.9 Å². The predicted octanol–water partition coefficient (Wildman–Crippen LogP) is 2.21. The Morgan fingerprint density at radius 3 is 2.37 bits per heavy atom. The Morgan fingerprint density at radius 1 is 0.967 bits per heavy atom. The Balaban J connectivity index is 1.46. The van der Waals surface area contributed by atoms with Crippen molar-refractivity contribution in [2.75, 3.05) is 33.2 Å². The van der Waals surface area contributed by atoms with Crippen molar-refractivity contribution < 1.29 is 9.59 Å². The summed E-state index contributed by atoms with van der Waals surface area (Å²) in [5.41, 5.74) is 1.35. The van der Waals surface area contributed by atoms with Gasteiger partial charge in [0, 0.05) is 37.3 Å². The van der Waals surface area contributed by atoms with Crippen LogP contribution >= 0.6 is 0 Å². The van der Waals surface area contributed by atoms with Crippen LogP contribution < -0.4 is 5.56 Å². The Hall–Kier alpha value is -3.58. The molecule has 0 radical (unpaired) electrons. The van der Waals surface area contributed by atoms with Crippen LogP contribution in [0.15, 0.2) is 59.4 Å². The summed E-state index contributed by atoms with van der Waals surface area (Å²) in [6, 6.07) is 13.7. The first kappa shape index (κ1) is 19.7. The minimum absolute atomic E-state index is 0.0180. The van der Waals surface area contributed by atoms with Crippen LogP contribution in [0.25, 0.3) is 17.0 Å². The quantitative estimate of drug-likeness (QED) is 0.534. The van der Waals surface area contributed by atoms with Crippen molar-refractivity contribution in [2.45, 2.75) is 0 Å². The Morgan fingerprint density at radius 2 is 1.63 bits per heavy atom. The number of H-pyrrole nitrogens is 1. The zero-order chi connectivity index (χ0) is 21.1. The highest BCUT2D eigenvalue weighted by molar-refractivity contribution is 6.07. The molecule has 1 N–H and O–H groups in total. The number of piperazine rings is 1. The highest BCUT2D eigenvalue weighted by Gasteiger charge is 2.20. The number of rotatable bonds is 4. The molecule has 0 atom stereocenters. The van der Waals surface area contributed by atoms with E-state index in [0.717, 1.165) is 13.1 Å². The lowest BCUT2D eigenvalue weighted by Gasteiger charge is -2.32. The number of hydrogen-bond donors (Lipinski definition) is 1. The SMILES string of the molecule is CN1CCN(C(=O)c2ccc(C(=O)C=Cc3nc4ccccc4c(=O)[nH]3)cc2)CC1. The second-order valence-corrected chi connectivity index (χ2v) is 7.34. The molecule has 152 valence electrons. The molecule has 0 aliphatic carbocycles. The largest absolute Gasteiger partial charge is 0.336 e. The summed E-state index contributed by atoms with van der Waals surface area (Å²) >= 11 is 0. The number of allylic oxidation sites excluding steroid dienone is 1. The molecule has 1 aliphatic heterocycles. The average molecular weight is 402 g/mol. The molecule has 7 heteroatoms. The van der Waals surface area contributed by atoms with E-state index in [9.17, 15) is 14.4 Å². The van der Waals surface area contributed by atoms with Crippen molar-refractivity contribution in [3.05, 3.63) is 81.9 Å². The molecule has 0 spiro atoms. The van der Waals surface area contributed by atoms with Gasteiger partial charge >= 0.3 is 0 Å². The van der Waals surface area contributed by atoms with Crippen LogP contribution in [0.3, 0.4) is 0 Å². The van der Waals surface area contributed by atoms with Crippen LogP contribution in [0.5, 0.6) is 0 Å². The number of ketones is 1. The van der Waals surface area contributed by atoms with Crippen LogP contribution in [-0.2, 0) is 0 Å². The molecule has 4 rings (SSSR count). The first-order chi connectivity index (χ1) is 14.5. The minimum Gasteiger partial charge on any atom is -0.336 e. The maximum Gasteiger partial charge on any atom is 0.259 e. The van der Waals surface area contributed by atoms with Gasteiger partial charge in [0.1, 0.15) is 5.82 Å². The Labute approximate surface area is 173 Å². The van der Waals surface area contributed by atoms with Gasteiger partial charge in [-0.2, -0.15) is 0 Å². The van der Waals surface area contributed by atoms with Gasteiger partial charge in [0.05, 0.1) is 10.9 Å². The molecule has 2 aromatic carbocycles. The zero-order valence-electron chi connectivity index (χ0n) is 16.7. The number of fused-ring (bicyclic) bond motifs is 1. The summed E-state index contributed by atoms with van der Waals surface area (Å²) in [7, 11) is 2.04. The smallest absolute Gasteiger partial charge is 0.259 e. The molecule has 1 fully saturated rings. The average Bonchev–Trinajstić information content (AvgIpc) is 2.78. The van der Waals surface area contributed by atoms with E-state index in [1.165, 1.54) is 12.2 Å². The number of hydrogen-bond acceptors (Lipinski definition) is 5. The van der Waals surface area contributed by atoms with Gasteiger partial charge in [-0.25, -0.2) is 4.98 Å². The van der Waals surface area contributed by atoms with E-state index < -0.39 is 0 Å². The normalized spacial score (nSPS) is 15.0.